The number of esters is 4. The number of unbranched alkanes of at least 4 members (excludes halogenated alkanes) is 56. The van der Waals surface area contributed by atoms with Crippen molar-refractivity contribution in [3.8, 4) is 0 Å². The van der Waals surface area contributed by atoms with E-state index in [9.17, 15) is 43.2 Å². The van der Waals surface area contributed by atoms with Crippen LogP contribution in [0.3, 0.4) is 0 Å². The number of rotatable bonds is 82. The summed E-state index contributed by atoms with van der Waals surface area (Å²) in [5.41, 5.74) is 0. The molecule has 0 saturated heterocycles. The van der Waals surface area contributed by atoms with Gasteiger partial charge in [-0.3, -0.25) is 37.3 Å². The average molecular weight is 1470 g/mol. The third-order valence-electron chi connectivity index (χ3n) is 19.1. The Morgan fingerprint density at radius 3 is 0.590 bits per heavy atom. The number of aliphatic hydroxyl groups excluding tert-OH is 1. The molecule has 0 spiro atoms. The lowest BCUT2D eigenvalue weighted by Gasteiger charge is -2.21. The van der Waals surface area contributed by atoms with Crippen molar-refractivity contribution < 1.29 is 80.2 Å². The molecule has 0 radical (unpaired) electrons. The van der Waals surface area contributed by atoms with E-state index >= 15 is 0 Å². The van der Waals surface area contributed by atoms with Gasteiger partial charge in [0.15, 0.2) is 12.2 Å². The first kappa shape index (κ1) is 98.1. The predicted octanol–water partition coefficient (Wildman–Crippen LogP) is 24.6. The van der Waals surface area contributed by atoms with E-state index in [1.807, 2.05) is 0 Å². The molecule has 0 bridgehead atoms. The van der Waals surface area contributed by atoms with Crippen molar-refractivity contribution >= 4 is 39.5 Å². The lowest BCUT2D eigenvalue weighted by molar-refractivity contribution is -0.161. The van der Waals surface area contributed by atoms with E-state index in [0.717, 1.165) is 89.9 Å². The number of phosphoric acid groups is 2. The Balaban J connectivity index is 5.22. The van der Waals surface area contributed by atoms with Gasteiger partial charge in [0.1, 0.15) is 19.3 Å². The molecule has 0 aliphatic heterocycles. The van der Waals surface area contributed by atoms with Gasteiger partial charge in [-0.05, 0) is 25.7 Å². The van der Waals surface area contributed by atoms with Crippen molar-refractivity contribution in [2.75, 3.05) is 39.6 Å². The van der Waals surface area contributed by atoms with Crippen LogP contribution >= 0.6 is 15.6 Å². The van der Waals surface area contributed by atoms with Gasteiger partial charge in [0.05, 0.1) is 26.4 Å². The molecule has 2 unspecified atom stereocenters. The SMILES string of the molecule is CCCCCCCCCCCCCCCCCCCCC(=O)O[C@H](COC(=O)CCCCCCCCCCCCCCCCCCC)COP(=O)(O)OC[C@@H](O)COP(=O)(O)OC[C@@H](COC(=O)CCCCCCCCCCC)OC(=O)CCCCCCCCCCCCCCCCCC. The summed E-state index contributed by atoms with van der Waals surface area (Å²) in [6.45, 7) is 5.02. The van der Waals surface area contributed by atoms with Crippen molar-refractivity contribution in [1.82, 2.24) is 0 Å². The second-order valence-electron chi connectivity index (χ2n) is 29.2. The van der Waals surface area contributed by atoms with E-state index in [2.05, 4.69) is 27.7 Å². The molecule has 0 aromatic carbocycles. The fourth-order valence-electron chi connectivity index (χ4n) is 12.6. The maximum Gasteiger partial charge on any atom is 0.472 e. The van der Waals surface area contributed by atoms with Crippen LogP contribution in [0.5, 0.6) is 0 Å². The fraction of sp³-hybridized carbons (Fsp3) is 0.951. The van der Waals surface area contributed by atoms with Crippen LogP contribution < -0.4 is 0 Å². The molecule has 17 nitrogen and oxygen atoms in total. The Morgan fingerprint density at radius 2 is 0.400 bits per heavy atom. The van der Waals surface area contributed by atoms with Crippen LogP contribution in [0, 0.1) is 0 Å². The van der Waals surface area contributed by atoms with Gasteiger partial charge in [0.2, 0.25) is 0 Å². The van der Waals surface area contributed by atoms with Crippen LogP contribution in [0.2, 0.25) is 0 Å². The summed E-state index contributed by atoms with van der Waals surface area (Å²) in [5, 5.41) is 10.6. The molecule has 0 heterocycles. The van der Waals surface area contributed by atoms with E-state index in [0.29, 0.717) is 25.7 Å². The van der Waals surface area contributed by atoms with Gasteiger partial charge in [0.25, 0.3) is 0 Å². The quantitative estimate of drug-likeness (QED) is 0.0222. The summed E-state index contributed by atoms with van der Waals surface area (Å²) in [6, 6.07) is 0. The highest BCUT2D eigenvalue weighted by atomic mass is 31.2. The molecular formula is C81H158O17P2. The highest BCUT2D eigenvalue weighted by molar-refractivity contribution is 7.47. The summed E-state index contributed by atoms with van der Waals surface area (Å²) in [7, 11) is -9.92. The van der Waals surface area contributed by atoms with Crippen LogP contribution in [0.25, 0.3) is 0 Å². The molecule has 0 saturated carbocycles. The first-order valence-electron chi connectivity index (χ1n) is 42.3. The third kappa shape index (κ3) is 74.3. The summed E-state index contributed by atoms with van der Waals surface area (Å²) in [5.74, 6) is -2.10. The van der Waals surface area contributed by atoms with Crippen LogP contribution in [-0.4, -0.2) is 96.7 Å². The summed E-state index contributed by atoms with van der Waals surface area (Å²) in [4.78, 5) is 73.0. The summed E-state index contributed by atoms with van der Waals surface area (Å²) < 4.78 is 68.7. The number of phosphoric ester groups is 2. The van der Waals surface area contributed by atoms with E-state index in [1.165, 1.54) is 270 Å². The first-order chi connectivity index (χ1) is 48.7. The number of hydrogen-bond acceptors (Lipinski definition) is 15. The second kappa shape index (κ2) is 75.3. The zero-order valence-corrected chi connectivity index (χ0v) is 67.0. The van der Waals surface area contributed by atoms with Crippen molar-refractivity contribution in [1.29, 1.82) is 0 Å². The number of carbonyl (C=O) groups is 4. The topological polar surface area (TPSA) is 237 Å². The monoisotopic (exact) mass is 1470 g/mol. The fourth-order valence-corrected chi connectivity index (χ4v) is 14.2. The van der Waals surface area contributed by atoms with E-state index in [-0.39, 0.29) is 25.7 Å². The van der Waals surface area contributed by atoms with E-state index in [4.69, 9.17) is 37.0 Å². The van der Waals surface area contributed by atoms with Gasteiger partial charge in [-0.2, -0.15) is 0 Å². The van der Waals surface area contributed by atoms with Crippen LogP contribution in [-0.2, 0) is 65.4 Å². The Bertz CT molecular complexity index is 1890. The van der Waals surface area contributed by atoms with Crippen molar-refractivity contribution in [3.05, 3.63) is 0 Å². The zero-order chi connectivity index (χ0) is 73.2. The third-order valence-corrected chi connectivity index (χ3v) is 21.0. The zero-order valence-electron chi connectivity index (χ0n) is 65.2. The standard InChI is InChI=1S/C81H158O17P2/c1-5-9-13-17-21-25-28-31-34-37-39-42-45-48-52-56-60-64-68-81(86)98-77(72-92-79(84)66-62-58-54-50-46-43-41-38-35-32-29-26-22-18-14-10-6-2)74-96-100(89,90)94-70-75(82)69-93-99(87,88)95-73-76(71-91-78(83)65-61-57-53-49-24-20-16-12-8-4)97-80(85)67-63-59-55-51-47-44-40-36-33-30-27-23-19-15-11-7-3/h75-77,82H,5-74H2,1-4H3,(H,87,88)(H,89,90)/t75-,76+,77+/m0/s1. The van der Waals surface area contributed by atoms with Gasteiger partial charge >= 0.3 is 39.5 Å². The molecule has 0 aliphatic carbocycles. The number of carbonyl (C=O) groups excluding carboxylic acids is 4. The van der Waals surface area contributed by atoms with Gasteiger partial charge in [-0.1, -0.05) is 387 Å². The van der Waals surface area contributed by atoms with Crippen molar-refractivity contribution in [3.63, 3.8) is 0 Å². The molecule has 100 heavy (non-hydrogen) atoms. The molecule has 3 N–H and O–H groups in total. The largest absolute Gasteiger partial charge is 0.472 e. The Hall–Kier alpha value is -1.94. The molecule has 0 aromatic rings. The summed E-state index contributed by atoms with van der Waals surface area (Å²) >= 11 is 0. The lowest BCUT2D eigenvalue weighted by Crippen LogP contribution is -2.30. The minimum Gasteiger partial charge on any atom is -0.462 e. The van der Waals surface area contributed by atoms with E-state index in [1.54, 1.807) is 0 Å². The Labute approximate surface area is 613 Å². The smallest absolute Gasteiger partial charge is 0.462 e. The molecule has 5 atom stereocenters. The van der Waals surface area contributed by atoms with Crippen LogP contribution in [0.1, 0.15) is 439 Å². The van der Waals surface area contributed by atoms with Crippen LogP contribution in [0.15, 0.2) is 0 Å². The van der Waals surface area contributed by atoms with Crippen molar-refractivity contribution in [2.24, 2.45) is 0 Å². The average Bonchev–Trinajstić information content (AvgIpc) is 0.953. The molecular weight excluding hydrogens is 1310 g/mol. The normalized spacial score (nSPS) is 13.8. The molecule has 0 fully saturated rings. The minimum atomic E-state index is -4.96. The molecule has 0 aliphatic rings. The lowest BCUT2D eigenvalue weighted by atomic mass is 10.0. The molecule has 0 rings (SSSR count). The van der Waals surface area contributed by atoms with Gasteiger partial charge in [0, 0.05) is 25.7 Å². The predicted molar refractivity (Wildman–Crippen MR) is 409 cm³/mol. The van der Waals surface area contributed by atoms with E-state index < -0.39 is 97.5 Å². The number of hydrogen-bond donors (Lipinski definition) is 3. The molecule has 0 aromatic heterocycles. The van der Waals surface area contributed by atoms with Crippen molar-refractivity contribution in [2.45, 2.75) is 457 Å². The Morgan fingerprint density at radius 1 is 0.240 bits per heavy atom. The maximum atomic E-state index is 13.1. The second-order valence-corrected chi connectivity index (χ2v) is 32.1. The Kier molecular flexibility index (Phi) is 73.8. The number of ether oxygens (including phenoxy) is 4. The highest BCUT2D eigenvalue weighted by Gasteiger charge is 2.30. The minimum absolute atomic E-state index is 0.109. The summed E-state index contributed by atoms with van der Waals surface area (Å²) in [6.07, 6.45) is 67.9. The first-order valence-corrected chi connectivity index (χ1v) is 45.3. The molecule has 594 valence electrons. The van der Waals surface area contributed by atoms with Gasteiger partial charge in [-0.25, -0.2) is 9.13 Å². The molecule has 0 amide bonds. The van der Waals surface area contributed by atoms with Gasteiger partial charge in [-0.15, -0.1) is 0 Å². The van der Waals surface area contributed by atoms with Crippen LogP contribution in [0.4, 0.5) is 0 Å². The van der Waals surface area contributed by atoms with Gasteiger partial charge < -0.3 is 33.8 Å². The number of aliphatic hydroxyl groups is 1. The highest BCUT2D eigenvalue weighted by Crippen LogP contribution is 2.45. The molecule has 19 heteroatoms. The maximum absolute atomic E-state index is 13.1.